The van der Waals surface area contributed by atoms with Crippen LogP contribution in [-0.4, -0.2) is 41.4 Å². The Kier molecular flexibility index (Phi) is 3.81. The summed E-state index contributed by atoms with van der Waals surface area (Å²) in [4.78, 5) is 9.96. The van der Waals surface area contributed by atoms with Crippen molar-refractivity contribution in [2.75, 3.05) is 13.1 Å². The quantitative estimate of drug-likeness (QED) is 0.666. The molecule has 0 saturated carbocycles. The van der Waals surface area contributed by atoms with Crippen LogP contribution in [0.2, 0.25) is 0 Å². The average Bonchev–Trinajstić information content (AvgIpc) is 2.37. The molecule has 1 fully saturated rings. The van der Waals surface area contributed by atoms with E-state index in [0.29, 0.717) is 19.4 Å². The molecule has 0 aliphatic carbocycles. The Hall–Kier alpha value is -1.51. The summed E-state index contributed by atoms with van der Waals surface area (Å²) in [7, 11) is -3.82. The van der Waals surface area contributed by atoms with Gasteiger partial charge in [-0.3, -0.25) is 10.1 Å². The van der Waals surface area contributed by atoms with Crippen molar-refractivity contribution in [2.45, 2.75) is 30.3 Å². The molecule has 1 atom stereocenters. The Bertz CT molecular complexity index is 626. The Morgan fingerprint density at radius 1 is 1.45 bits per heavy atom. The first kappa shape index (κ1) is 14.9. The molecule has 1 aliphatic rings. The summed E-state index contributed by atoms with van der Waals surface area (Å²) in [6.45, 7) is 1.89. The number of hydrogen-bond donors (Lipinski definition) is 1. The number of sulfonamides is 1. The topological polar surface area (TPSA) is 101 Å². The van der Waals surface area contributed by atoms with Gasteiger partial charge in [0.05, 0.1) is 15.4 Å². The number of non-ortho nitro benzene ring substituents is 1. The van der Waals surface area contributed by atoms with Gasteiger partial charge >= 0.3 is 0 Å². The van der Waals surface area contributed by atoms with Crippen LogP contribution in [0.15, 0.2) is 29.2 Å². The zero-order chi connectivity index (χ0) is 15.0. The van der Waals surface area contributed by atoms with E-state index >= 15 is 0 Å². The minimum atomic E-state index is -3.82. The maximum atomic E-state index is 12.4. The minimum absolute atomic E-state index is 0.00196. The standard InChI is InChI=1S/C12H16N2O5S/c1-12(15)6-3-7-13(9-12)20(18,19)11-5-2-4-10(8-11)14(16)17/h2,4-5,8,15H,3,6-7,9H2,1H3. The normalized spacial score (nSPS) is 24.5. The monoisotopic (exact) mass is 300 g/mol. The van der Waals surface area contributed by atoms with E-state index in [2.05, 4.69) is 0 Å². The second kappa shape index (κ2) is 5.12. The first-order valence-electron chi connectivity index (χ1n) is 6.19. The predicted molar refractivity (Wildman–Crippen MR) is 71.7 cm³/mol. The van der Waals surface area contributed by atoms with Crippen LogP contribution in [0.1, 0.15) is 19.8 Å². The molecule has 0 aromatic heterocycles. The zero-order valence-corrected chi connectivity index (χ0v) is 11.8. The zero-order valence-electron chi connectivity index (χ0n) is 11.0. The van der Waals surface area contributed by atoms with E-state index in [4.69, 9.17) is 0 Å². The molecule has 1 saturated heterocycles. The molecular formula is C12H16N2O5S. The molecule has 0 spiro atoms. The van der Waals surface area contributed by atoms with E-state index in [-0.39, 0.29) is 17.1 Å². The molecule has 1 aromatic rings. The number of nitro benzene ring substituents is 1. The molecule has 2 rings (SSSR count). The third-order valence-corrected chi connectivity index (χ3v) is 5.15. The number of β-amino-alcohol motifs (C(OH)–C–C–N with tert-alkyl or cyclic N) is 1. The molecule has 1 aliphatic heterocycles. The maximum absolute atomic E-state index is 12.4. The largest absolute Gasteiger partial charge is 0.389 e. The van der Waals surface area contributed by atoms with Gasteiger partial charge in [-0.25, -0.2) is 8.42 Å². The van der Waals surface area contributed by atoms with Crippen molar-refractivity contribution in [3.63, 3.8) is 0 Å². The molecule has 8 heteroatoms. The highest BCUT2D eigenvalue weighted by atomic mass is 32.2. The van der Waals surface area contributed by atoms with E-state index < -0.39 is 20.5 Å². The molecular weight excluding hydrogens is 284 g/mol. The molecule has 0 bridgehead atoms. The van der Waals surface area contributed by atoms with Gasteiger partial charge in [-0.1, -0.05) is 6.07 Å². The summed E-state index contributed by atoms with van der Waals surface area (Å²) in [5.41, 5.74) is -1.33. The van der Waals surface area contributed by atoms with Gasteiger partial charge in [-0.15, -0.1) is 0 Å². The van der Waals surface area contributed by atoms with Crippen LogP contribution < -0.4 is 0 Å². The van der Waals surface area contributed by atoms with Crippen LogP contribution >= 0.6 is 0 Å². The smallest absolute Gasteiger partial charge is 0.270 e. The molecule has 0 amide bonds. The minimum Gasteiger partial charge on any atom is -0.389 e. The van der Waals surface area contributed by atoms with E-state index in [9.17, 15) is 23.6 Å². The van der Waals surface area contributed by atoms with Crippen LogP contribution in [0.25, 0.3) is 0 Å². The average molecular weight is 300 g/mol. The van der Waals surface area contributed by atoms with Gasteiger partial charge in [0.25, 0.3) is 5.69 Å². The fourth-order valence-electron chi connectivity index (χ4n) is 2.29. The van der Waals surface area contributed by atoms with E-state index in [1.54, 1.807) is 6.92 Å². The van der Waals surface area contributed by atoms with Crippen molar-refractivity contribution >= 4 is 15.7 Å². The van der Waals surface area contributed by atoms with Crippen molar-refractivity contribution in [3.05, 3.63) is 34.4 Å². The maximum Gasteiger partial charge on any atom is 0.270 e. The van der Waals surface area contributed by atoms with Crippen molar-refractivity contribution < 1.29 is 18.4 Å². The number of hydrogen-bond acceptors (Lipinski definition) is 5. The number of piperidine rings is 1. The number of nitro groups is 1. The lowest BCUT2D eigenvalue weighted by molar-refractivity contribution is -0.385. The molecule has 1 heterocycles. The summed E-state index contributed by atoms with van der Waals surface area (Å²) < 4.78 is 26.1. The van der Waals surface area contributed by atoms with Crippen molar-refractivity contribution in [1.82, 2.24) is 4.31 Å². The lowest BCUT2D eigenvalue weighted by Gasteiger charge is -2.35. The first-order valence-corrected chi connectivity index (χ1v) is 7.63. The number of rotatable bonds is 3. The lowest BCUT2D eigenvalue weighted by Crippen LogP contribution is -2.48. The predicted octanol–water partition coefficient (Wildman–Crippen LogP) is 1.13. The van der Waals surface area contributed by atoms with Gasteiger partial charge in [-0.05, 0) is 25.8 Å². The van der Waals surface area contributed by atoms with Gasteiger partial charge in [0, 0.05) is 25.2 Å². The van der Waals surface area contributed by atoms with Gasteiger partial charge in [0.2, 0.25) is 10.0 Å². The first-order chi connectivity index (χ1) is 9.22. The Balaban J connectivity index is 2.35. The molecule has 1 aromatic carbocycles. The highest BCUT2D eigenvalue weighted by Crippen LogP contribution is 2.27. The molecule has 7 nitrogen and oxygen atoms in total. The number of benzene rings is 1. The van der Waals surface area contributed by atoms with Crippen LogP contribution in [0.5, 0.6) is 0 Å². The highest BCUT2D eigenvalue weighted by Gasteiger charge is 2.35. The highest BCUT2D eigenvalue weighted by molar-refractivity contribution is 7.89. The van der Waals surface area contributed by atoms with Gasteiger partial charge in [-0.2, -0.15) is 4.31 Å². The summed E-state index contributed by atoms with van der Waals surface area (Å²) >= 11 is 0. The Morgan fingerprint density at radius 2 is 2.15 bits per heavy atom. The summed E-state index contributed by atoms with van der Waals surface area (Å²) in [5, 5.41) is 20.7. The summed E-state index contributed by atoms with van der Waals surface area (Å²) in [6, 6.07) is 4.95. The molecule has 1 N–H and O–H groups in total. The second-order valence-electron chi connectivity index (χ2n) is 5.19. The molecule has 20 heavy (non-hydrogen) atoms. The van der Waals surface area contributed by atoms with E-state index in [1.807, 2.05) is 0 Å². The van der Waals surface area contributed by atoms with Crippen LogP contribution in [-0.2, 0) is 10.0 Å². The van der Waals surface area contributed by atoms with Crippen molar-refractivity contribution in [1.29, 1.82) is 0 Å². The molecule has 0 radical (unpaired) electrons. The van der Waals surface area contributed by atoms with Gasteiger partial charge in [0.15, 0.2) is 0 Å². The fraction of sp³-hybridized carbons (Fsp3) is 0.500. The van der Waals surface area contributed by atoms with Crippen molar-refractivity contribution in [2.24, 2.45) is 0 Å². The number of nitrogens with zero attached hydrogens (tertiary/aromatic N) is 2. The molecule has 1 unspecified atom stereocenters. The SMILES string of the molecule is CC1(O)CCCN(S(=O)(=O)c2cccc([N+](=O)[O-])c2)C1. The van der Waals surface area contributed by atoms with Gasteiger partial charge in [0.1, 0.15) is 0 Å². The van der Waals surface area contributed by atoms with Crippen LogP contribution in [0.3, 0.4) is 0 Å². The Morgan fingerprint density at radius 3 is 2.75 bits per heavy atom. The summed E-state index contributed by atoms with van der Waals surface area (Å²) in [6.07, 6.45) is 1.09. The Labute approximate surface area is 117 Å². The third-order valence-electron chi connectivity index (χ3n) is 3.31. The van der Waals surface area contributed by atoms with E-state index in [0.717, 1.165) is 6.07 Å². The van der Waals surface area contributed by atoms with Crippen molar-refractivity contribution in [3.8, 4) is 0 Å². The fourth-order valence-corrected chi connectivity index (χ4v) is 3.92. The third kappa shape index (κ3) is 2.97. The summed E-state index contributed by atoms with van der Waals surface area (Å²) in [5.74, 6) is 0. The van der Waals surface area contributed by atoms with Crippen LogP contribution in [0, 0.1) is 10.1 Å². The lowest BCUT2D eigenvalue weighted by atomic mass is 9.97. The van der Waals surface area contributed by atoms with Crippen LogP contribution in [0.4, 0.5) is 5.69 Å². The number of aliphatic hydroxyl groups is 1. The van der Waals surface area contributed by atoms with Gasteiger partial charge < -0.3 is 5.11 Å². The van der Waals surface area contributed by atoms with E-state index in [1.165, 1.54) is 22.5 Å². The molecule has 110 valence electrons. The second-order valence-corrected chi connectivity index (χ2v) is 7.13.